The Bertz CT molecular complexity index is 5330. The minimum Gasteiger partial charge on any atom is -0.384 e. The Morgan fingerprint density at radius 1 is 0.367 bits per heavy atom. The lowest BCUT2D eigenvalue weighted by molar-refractivity contribution is 0.432. The first-order valence-electron chi connectivity index (χ1n) is 31.3. The van der Waals surface area contributed by atoms with Gasteiger partial charge in [0.05, 0.1) is 14.6 Å². The number of nitrogens with two attached hydrogens (primary N) is 1. The van der Waals surface area contributed by atoms with Crippen LogP contribution in [0.4, 0.5) is 5.82 Å². The SMILES string of the molecule is Cc1cnccc1-c1noc(-c2cc(-c3ccccc3)c(C)s2)n1.Cc1sc(-c2nc(-c3ccc(C4=NCCC4)cc3)no2)cc1-c1ccccc1.Cc1sc(-c2nc(-c3ccnc(N)c3)no2)cc1-c1ccccc1.c1cc(-c2nc(-c3ccncc3)no2)cc(-c2cccs2)c1. The van der Waals surface area contributed by atoms with Gasteiger partial charge in [-0.15, -0.1) is 45.3 Å². The maximum absolute atomic E-state index is 5.71. The van der Waals surface area contributed by atoms with Gasteiger partial charge in [-0.3, -0.25) is 15.0 Å². The van der Waals surface area contributed by atoms with Gasteiger partial charge >= 0.3 is 0 Å². The number of aromatic nitrogens is 11. The average Bonchev–Trinajstić information content (AvgIpc) is 1.68. The normalized spacial score (nSPS) is 11.7. The average molecular weight is 1360 g/mol. The third-order valence-electron chi connectivity index (χ3n) is 15.8. The molecule has 2 N–H and O–H groups in total. The smallest absolute Gasteiger partial charge is 0.268 e. The predicted molar refractivity (Wildman–Crippen MR) is 391 cm³/mol. The van der Waals surface area contributed by atoms with Crippen LogP contribution in [0.1, 0.15) is 38.6 Å². The van der Waals surface area contributed by atoms with Crippen molar-refractivity contribution in [3.63, 3.8) is 0 Å². The van der Waals surface area contributed by atoms with Crippen LogP contribution in [0.2, 0.25) is 0 Å². The van der Waals surface area contributed by atoms with Crippen molar-refractivity contribution < 1.29 is 18.1 Å². The molecule has 0 aliphatic carbocycles. The van der Waals surface area contributed by atoms with Gasteiger partial charge in [-0.25, -0.2) is 4.98 Å². The summed E-state index contributed by atoms with van der Waals surface area (Å²) >= 11 is 6.69. The number of thiophene rings is 4. The van der Waals surface area contributed by atoms with Crippen LogP contribution in [-0.4, -0.2) is 67.8 Å². The Morgan fingerprint density at radius 3 is 1.36 bits per heavy atom. The molecule has 98 heavy (non-hydrogen) atoms. The number of aryl methyl sites for hydroxylation is 4. The molecule has 16 aromatic rings. The quantitative estimate of drug-likeness (QED) is 0.113. The summed E-state index contributed by atoms with van der Waals surface area (Å²) < 4.78 is 21.9. The first kappa shape index (κ1) is 63.8. The van der Waals surface area contributed by atoms with Crippen molar-refractivity contribution in [2.24, 2.45) is 4.99 Å². The summed E-state index contributed by atoms with van der Waals surface area (Å²) in [6.07, 6.45) is 10.8. The molecule has 17 nitrogen and oxygen atoms in total. The number of aliphatic imine (C=N–C) groups is 1. The van der Waals surface area contributed by atoms with Crippen LogP contribution in [0.15, 0.2) is 260 Å². The maximum Gasteiger partial charge on any atom is 0.268 e. The van der Waals surface area contributed by atoms with E-state index in [1.165, 1.54) is 64.2 Å². The van der Waals surface area contributed by atoms with E-state index in [1.54, 1.807) is 88.5 Å². The second-order valence-electron chi connectivity index (χ2n) is 22.5. The summed E-state index contributed by atoms with van der Waals surface area (Å²) in [5.41, 5.74) is 21.9. The molecule has 1 aliphatic heterocycles. The summed E-state index contributed by atoms with van der Waals surface area (Å²) in [6.45, 7) is 9.26. The van der Waals surface area contributed by atoms with Crippen molar-refractivity contribution in [1.29, 1.82) is 0 Å². The van der Waals surface area contributed by atoms with Crippen LogP contribution in [-0.2, 0) is 0 Å². The van der Waals surface area contributed by atoms with E-state index in [-0.39, 0.29) is 0 Å². The molecule has 1 aliphatic rings. The summed E-state index contributed by atoms with van der Waals surface area (Å²) in [4.78, 5) is 42.6. The number of anilines is 1. The number of nitrogen functional groups attached to an aromatic ring is 1. The molecule has 0 atom stereocenters. The Hall–Kier alpha value is -11.6. The number of rotatable bonds is 13. The Kier molecular flexibility index (Phi) is 19.2. The van der Waals surface area contributed by atoms with E-state index < -0.39 is 0 Å². The van der Waals surface area contributed by atoms with Crippen LogP contribution in [0.5, 0.6) is 0 Å². The summed E-state index contributed by atoms with van der Waals surface area (Å²) in [5.74, 6) is 4.86. The molecule has 5 aromatic carbocycles. The van der Waals surface area contributed by atoms with Gasteiger partial charge in [0.2, 0.25) is 23.3 Å². The molecular weight excluding hydrogens is 1300 g/mol. The predicted octanol–water partition coefficient (Wildman–Crippen LogP) is 20.1. The highest BCUT2D eigenvalue weighted by molar-refractivity contribution is 7.16. The van der Waals surface area contributed by atoms with Gasteiger partial charge in [-0.05, 0) is 163 Å². The Balaban J connectivity index is 0.000000112. The van der Waals surface area contributed by atoms with Crippen molar-refractivity contribution >= 4 is 56.9 Å². The summed E-state index contributed by atoms with van der Waals surface area (Å²) in [6, 6.07) is 67.0. The molecule has 0 spiro atoms. The topological polar surface area (TPSA) is 233 Å². The van der Waals surface area contributed by atoms with Gasteiger partial charge in [0.25, 0.3) is 23.6 Å². The fourth-order valence-electron chi connectivity index (χ4n) is 10.9. The van der Waals surface area contributed by atoms with E-state index in [4.69, 9.17) is 23.8 Å². The largest absolute Gasteiger partial charge is 0.384 e. The van der Waals surface area contributed by atoms with E-state index in [2.05, 4.69) is 184 Å². The number of hydrogen-bond acceptors (Lipinski definition) is 21. The van der Waals surface area contributed by atoms with Gasteiger partial charge in [0, 0.05) is 90.6 Å². The van der Waals surface area contributed by atoms with E-state index >= 15 is 0 Å². The standard InChI is InChI=1S/C23H19N3OS.C19H15N3OS.C18H14N4OS.C17H11N3OS/c1-15-19(16-6-3-2-4-7-16)14-21(28-15)23-25-22(26-27-23)18-11-9-17(10-12-18)20-8-5-13-24-20;1-12-11-20-9-8-15(12)18-21-19(23-22-18)17-10-16(13(2)24-17)14-6-4-3-5-7-14;1-11-14(12-5-3-2-4-6-12)10-15(24-11)18-21-17(22-23-18)13-7-8-20-16(19)9-13;1-3-13(15-5-2-10-22-15)11-14(4-1)17-19-16(20-21-17)12-6-8-18-9-7-12/h2-4,6-7,9-12,14H,5,8,13H2,1H3;3-11H,1-2H3;2-10H,1H3,(H2,19,20);1-11H. The van der Waals surface area contributed by atoms with E-state index in [0.717, 1.165) is 73.0 Å². The van der Waals surface area contributed by atoms with Gasteiger partial charge in [0.15, 0.2) is 0 Å². The number of nitrogens with zero attached hydrogens (tertiary/aromatic N) is 12. The lowest BCUT2D eigenvalue weighted by Gasteiger charge is -2.01. The van der Waals surface area contributed by atoms with Crippen LogP contribution < -0.4 is 5.73 Å². The van der Waals surface area contributed by atoms with Gasteiger partial charge < -0.3 is 23.8 Å². The van der Waals surface area contributed by atoms with E-state index in [0.29, 0.717) is 52.7 Å². The van der Waals surface area contributed by atoms with E-state index in [9.17, 15) is 0 Å². The molecule has 17 rings (SSSR count). The molecule has 12 heterocycles. The van der Waals surface area contributed by atoms with Gasteiger partial charge in [-0.2, -0.15) is 19.9 Å². The third kappa shape index (κ3) is 14.8. The molecule has 0 saturated heterocycles. The molecule has 0 saturated carbocycles. The van der Waals surface area contributed by atoms with E-state index in [1.807, 2.05) is 97.9 Å². The molecule has 0 bridgehead atoms. The van der Waals surface area contributed by atoms with Crippen molar-refractivity contribution in [2.45, 2.75) is 40.5 Å². The molecule has 0 amide bonds. The zero-order valence-electron chi connectivity index (χ0n) is 53.3. The maximum atomic E-state index is 5.71. The van der Waals surface area contributed by atoms with Crippen LogP contribution in [0, 0.1) is 27.7 Å². The Labute approximate surface area is 579 Å². The number of benzene rings is 5. The molecule has 0 unspecified atom stereocenters. The second kappa shape index (κ2) is 29.6. The van der Waals surface area contributed by atoms with Gasteiger partial charge in [-0.1, -0.05) is 154 Å². The van der Waals surface area contributed by atoms with Gasteiger partial charge in [0.1, 0.15) is 5.82 Å². The minimum absolute atomic E-state index is 0.428. The van der Waals surface area contributed by atoms with Crippen molar-refractivity contribution in [3.8, 4) is 133 Å². The van der Waals surface area contributed by atoms with Crippen molar-refractivity contribution in [1.82, 2.24) is 55.5 Å². The molecule has 21 heteroatoms. The monoisotopic (exact) mass is 1360 g/mol. The first-order valence-corrected chi connectivity index (χ1v) is 34.6. The van der Waals surface area contributed by atoms with Crippen molar-refractivity contribution in [3.05, 3.63) is 262 Å². The zero-order chi connectivity index (χ0) is 66.7. The highest BCUT2D eigenvalue weighted by Gasteiger charge is 2.21. The lowest BCUT2D eigenvalue weighted by atomic mass is 10.1. The highest BCUT2D eigenvalue weighted by Crippen LogP contribution is 2.40. The molecule has 0 radical (unpaired) electrons. The van der Waals surface area contributed by atoms with Crippen LogP contribution in [0.25, 0.3) is 133 Å². The third-order valence-corrected chi connectivity index (χ3v) is 19.9. The fraction of sp³-hybridized carbons (Fsp3) is 0.0909. The first-order chi connectivity index (χ1) is 48.1. The summed E-state index contributed by atoms with van der Waals surface area (Å²) in [7, 11) is 0. The Morgan fingerprint density at radius 2 is 0.837 bits per heavy atom. The number of hydrogen-bond donors (Lipinski definition) is 1. The summed E-state index contributed by atoms with van der Waals surface area (Å²) in [5, 5.41) is 18.5. The van der Waals surface area contributed by atoms with Crippen molar-refractivity contribution in [2.75, 3.05) is 12.3 Å². The highest BCUT2D eigenvalue weighted by atomic mass is 32.1. The van der Waals surface area contributed by atoms with Crippen LogP contribution in [0.3, 0.4) is 0 Å². The molecular formula is C77H59N13O4S4. The zero-order valence-corrected chi connectivity index (χ0v) is 56.6. The second-order valence-corrected chi connectivity index (χ2v) is 27.2. The fourth-order valence-corrected chi connectivity index (χ4v) is 14.5. The minimum atomic E-state index is 0.428. The molecule has 480 valence electrons. The molecule has 0 fully saturated rings. The number of pyridine rings is 3. The van der Waals surface area contributed by atoms with Crippen LogP contribution >= 0.6 is 45.3 Å². The lowest BCUT2D eigenvalue weighted by Crippen LogP contribution is -1.95. The molecule has 11 aromatic heterocycles.